The fourth-order valence-electron chi connectivity index (χ4n) is 2.09. The Hall–Kier alpha value is -1.74. The van der Waals surface area contributed by atoms with Crippen molar-refractivity contribution in [3.63, 3.8) is 0 Å². The Morgan fingerprint density at radius 1 is 1.14 bits per heavy atom. The molecule has 2 aromatic rings. The van der Waals surface area contributed by atoms with Gasteiger partial charge in [-0.05, 0) is 31.5 Å². The van der Waals surface area contributed by atoms with E-state index in [0.717, 1.165) is 11.5 Å². The van der Waals surface area contributed by atoms with Gasteiger partial charge in [0.25, 0.3) is 0 Å². The fraction of sp³-hybridized carbons (Fsp3) is 0.278. The third-order valence-corrected chi connectivity index (χ3v) is 4.10. The Bertz CT molecular complexity index is 608. The van der Waals surface area contributed by atoms with E-state index in [9.17, 15) is 4.79 Å². The highest BCUT2D eigenvalue weighted by Gasteiger charge is 2.06. The Morgan fingerprint density at radius 2 is 1.95 bits per heavy atom. The number of Topliss-reactive ketones (excluding diaryl/α,β-unsaturated/α-hetero) is 1. The van der Waals surface area contributed by atoms with Crippen molar-refractivity contribution in [2.75, 3.05) is 12.4 Å². The van der Waals surface area contributed by atoms with Crippen molar-refractivity contribution >= 4 is 17.5 Å². The second-order valence-corrected chi connectivity index (χ2v) is 6.05. The maximum absolute atomic E-state index is 11.5. The lowest BCUT2D eigenvalue weighted by Gasteiger charge is -2.09. The summed E-state index contributed by atoms with van der Waals surface area (Å²) in [4.78, 5) is 11.5. The first-order chi connectivity index (χ1) is 10.2. The number of rotatable bonds is 7. The van der Waals surface area contributed by atoms with E-state index in [1.54, 1.807) is 13.0 Å². The lowest BCUT2D eigenvalue weighted by atomic mass is 10.1. The molecule has 0 fully saturated rings. The number of thioether (sulfide) groups is 1. The maximum Gasteiger partial charge on any atom is 0.163 e. The van der Waals surface area contributed by atoms with E-state index < -0.39 is 0 Å². The van der Waals surface area contributed by atoms with E-state index in [2.05, 4.69) is 31.2 Å². The number of carbonyl (C=O) groups excluding carboxylic acids is 1. The molecule has 0 N–H and O–H groups in total. The van der Waals surface area contributed by atoms with Crippen molar-refractivity contribution in [1.82, 2.24) is 0 Å². The second kappa shape index (κ2) is 7.89. The number of ketones is 1. The summed E-state index contributed by atoms with van der Waals surface area (Å²) in [5.74, 6) is 2.61. The number of carbonyl (C=O) groups is 1. The van der Waals surface area contributed by atoms with Crippen LogP contribution in [0, 0.1) is 6.92 Å². The zero-order valence-corrected chi connectivity index (χ0v) is 13.3. The molecule has 0 bridgehead atoms. The molecule has 21 heavy (non-hydrogen) atoms. The topological polar surface area (TPSA) is 26.3 Å². The minimum atomic E-state index is 0.0398. The molecular weight excluding hydrogens is 280 g/mol. The van der Waals surface area contributed by atoms with Crippen molar-refractivity contribution in [3.05, 3.63) is 65.2 Å². The SMILES string of the molecule is CC(=O)c1ccccc1OCCSCc1cccc(C)c1. The van der Waals surface area contributed by atoms with Gasteiger partial charge >= 0.3 is 0 Å². The van der Waals surface area contributed by atoms with Gasteiger partial charge in [0.1, 0.15) is 5.75 Å². The zero-order chi connectivity index (χ0) is 15.1. The maximum atomic E-state index is 11.5. The van der Waals surface area contributed by atoms with Crippen LogP contribution in [0.1, 0.15) is 28.4 Å². The van der Waals surface area contributed by atoms with Crippen molar-refractivity contribution < 1.29 is 9.53 Å². The van der Waals surface area contributed by atoms with Crippen LogP contribution in [-0.4, -0.2) is 18.1 Å². The van der Waals surface area contributed by atoms with Gasteiger partial charge in [-0.25, -0.2) is 0 Å². The van der Waals surface area contributed by atoms with Gasteiger partial charge in [0.2, 0.25) is 0 Å². The molecule has 0 spiro atoms. The van der Waals surface area contributed by atoms with E-state index in [0.29, 0.717) is 17.9 Å². The van der Waals surface area contributed by atoms with Crippen LogP contribution in [-0.2, 0) is 5.75 Å². The van der Waals surface area contributed by atoms with Crippen LogP contribution in [0.2, 0.25) is 0 Å². The fourth-order valence-corrected chi connectivity index (χ4v) is 2.85. The average molecular weight is 300 g/mol. The molecule has 110 valence electrons. The molecule has 0 atom stereocenters. The standard InChI is InChI=1S/C18H20O2S/c1-14-6-5-7-16(12-14)13-21-11-10-20-18-9-4-3-8-17(18)15(2)19/h3-9,12H,10-11,13H2,1-2H3. The summed E-state index contributed by atoms with van der Waals surface area (Å²) in [6.45, 7) is 4.28. The van der Waals surface area contributed by atoms with Crippen molar-refractivity contribution in [2.45, 2.75) is 19.6 Å². The Kier molecular flexibility index (Phi) is 5.88. The van der Waals surface area contributed by atoms with Crippen molar-refractivity contribution in [3.8, 4) is 5.75 Å². The minimum absolute atomic E-state index is 0.0398. The average Bonchev–Trinajstić information content (AvgIpc) is 2.47. The van der Waals surface area contributed by atoms with Gasteiger partial charge in [0.15, 0.2) is 5.78 Å². The number of ether oxygens (including phenoxy) is 1. The molecule has 0 heterocycles. The molecule has 0 aliphatic rings. The first kappa shape index (κ1) is 15.6. The van der Waals surface area contributed by atoms with Crippen LogP contribution in [0.4, 0.5) is 0 Å². The molecule has 0 amide bonds. The minimum Gasteiger partial charge on any atom is -0.492 e. The Balaban J connectivity index is 1.76. The molecule has 0 saturated heterocycles. The summed E-state index contributed by atoms with van der Waals surface area (Å²) in [7, 11) is 0. The molecule has 2 aromatic carbocycles. The second-order valence-electron chi connectivity index (χ2n) is 4.94. The van der Waals surface area contributed by atoms with Gasteiger partial charge in [-0.1, -0.05) is 42.0 Å². The highest BCUT2D eigenvalue weighted by atomic mass is 32.2. The summed E-state index contributed by atoms with van der Waals surface area (Å²) in [6, 6.07) is 15.9. The molecular formula is C18H20O2S. The van der Waals surface area contributed by atoms with Crippen molar-refractivity contribution in [1.29, 1.82) is 0 Å². The first-order valence-electron chi connectivity index (χ1n) is 7.03. The van der Waals surface area contributed by atoms with E-state index in [1.807, 2.05) is 30.0 Å². The number of hydrogen-bond donors (Lipinski definition) is 0. The smallest absolute Gasteiger partial charge is 0.163 e. The number of aryl methyl sites for hydroxylation is 1. The van der Waals surface area contributed by atoms with Gasteiger partial charge in [-0.3, -0.25) is 4.79 Å². The van der Waals surface area contributed by atoms with Crippen LogP contribution in [0.25, 0.3) is 0 Å². The van der Waals surface area contributed by atoms with Crippen LogP contribution >= 0.6 is 11.8 Å². The largest absolute Gasteiger partial charge is 0.492 e. The van der Waals surface area contributed by atoms with Gasteiger partial charge in [-0.2, -0.15) is 11.8 Å². The van der Waals surface area contributed by atoms with E-state index in [1.165, 1.54) is 11.1 Å². The predicted molar refractivity (Wildman–Crippen MR) is 89.3 cm³/mol. The molecule has 3 heteroatoms. The third-order valence-electron chi connectivity index (χ3n) is 3.10. The lowest BCUT2D eigenvalue weighted by molar-refractivity contribution is 0.101. The summed E-state index contributed by atoms with van der Waals surface area (Å²) < 4.78 is 5.72. The molecule has 2 nitrogen and oxygen atoms in total. The van der Waals surface area contributed by atoms with E-state index in [-0.39, 0.29) is 5.78 Å². The van der Waals surface area contributed by atoms with Gasteiger partial charge < -0.3 is 4.74 Å². The highest BCUT2D eigenvalue weighted by Crippen LogP contribution is 2.19. The molecule has 0 saturated carbocycles. The van der Waals surface area contributed by atoms with Crippen LogP contribution in [0.5, 0.6) is 5.75 Å². The third kappa shape index (κ3) is 4.94. The number of hydrogen-bond acceptors (Lipinski definition) is 3. The first-order valence-corrected chi connectivity index (χ1v) is 8.18. The highest BCUT2D eigenvalue weighted by molar-refractivity contribution is 7.98. The van der Waals surface area contributed by atoms with Gasteiger partial charge in [-0.15, -0.1) is 0 Å². The normalized spacial score (nSPS) is 10.4. The summed E-state index contributed by atoms with van der Waals surface area (Å²) >= 11 is 1.84. The molecule has 0 radical (unpaired) electrons. The number of para-hydroxylation sites is 1. The summed E-state index contributed by atoms with van der Waals surface area (Å²) in [5, 5.41) is 0. The van der Waals surface area contributed by atoms with E-state index in [4.69, 9.17) is 4.74 Å². The molecule has 0 aliphatic heterocycles. The molecule has 2 rings (SSSR count). The van der Waals surface area contributed by atoms with Crippen LogP contribution < -0.4 is 4.74 Å². The molecule has 0 aliphatic carbocycles. The summed E-state index contributed by atoms with van der Waals surface area (Å²) in [5.41, 5.74) is 3.28. The lowest BCUT2D eigenvalue weighted by Crippen LogP contribution is -2.04. The van der Waals surface area contributed by atoms with Gasteiger partial charge in [0, 0.05) is 11.5 Å². The Morgan fingerprint density at radius 3 is 2.71 bits per heavy atom. The predicted octanol–water partition coefficient (Wildman–Crippen LogP) is 4.51. The van der Waals surface area contributed by atoms with Crippen molar-refractivity contribution in [2.24, 2.45) is 0 Å². The summed E-state index contributed by atoms with van der Waals surface area (Å²) in [6.07, 6.45) is 0. The van der Waals surface area contributed by atoms with E-state index >= 15 is 0 Å². The van der Waals surface area contributed by atoms with Gasteiger partial charge in [0.05, 0.1) is 12.2 Å². The van der Waals surface area contributed by atoms with Crippen LogP contribution in [0.3, 0.4) is 0 Å². The quantitative estimate of drug-likeness (QED) is 0.556. The Labute approximate surface area is 130 Å². The number of benzene rings is 2. The molecule has 0 unspecified atom stereocenters. The van der Waals surface area contributed by atoms with Crippen LogP contribution in [0.15, 0.2) is 48.5 Å². The molecule has 0 aromatic heterocycles. The zero-order valence-electron chi connectivity index (χ0n) is 12.5. The monoisotopic (exact) mass is 300 g/mol.